The highest BCUT2D eigenvalue weighted by molar-refractivity contribution is 5.06. The van der Waals surface area contributed by atoms with Gasteiger partial charge in [0.2, 0.25) is 0 Å². The SMILES string of the molecule is CN1CCC(CN2CC3CC2C3ON2CCCCC2)C1. The maximum atomic E-state index is 6.31. The van der Waals surface area contributed by atoms with E-state index in [0.29, 0.717) is 6.10 Å². The van der Waals surface area contributed by atoms with Gasteiger partial charge in [-0.1, -0.05) is 6.42 Å². The van der Waals surface area contributed by atoms with Crippen LogP contribution in [0.5, 0.6) is 0 Å². The fourth-order valence-electron chi connectivity index (χ4n) is 4.68. The van der Waals surface area contributed by atoms with Crippen LogP contribution in [0.1, 0.15) is 32.1 Å². The molecule has 0 aromatic rings. The Labute approximate surface area is 123 Å². The van der Waals surface area contributed by atoms with Crippen molar-refractivity contribution < 1.29 is 4.84 Å². The molecule has 5 fully saturated rings. The molecule has 5 rings (SSSR count). The number of rotatable bonds is 4. The lowest BCUT2D eigenvalue weighted by molar-refractivity contribution is -0.240. The summed E-state index contributed by atoms with van der Waals surface area (Å²) in [6.45, 7) is 7.51. The molecule has 20 heavy (non-hydrogen) atoms. The number of hydrogen-bond acceptors (Lipinski definition) is 4. The second kappa shape index (κ2) is 5.56. The van der Waals surface area contributed by atoms with E-state index in [2.05, 4.69) is 21.9 Å². The van der Waals surface area contributed by atoms with Crippen molar-refractivity contribution >= 4 is 0 Å². The maximum absolute atomic E-state index is 6.31. The summed E-state index contributed by atoms with van der Waals surface area (Å²) >= 11 is 0. The second-order valence-corrected chi connectivity index (χ2v) is 7.49. The van der Waals surface area contributed by atoms with Gasteiger partial charge in [0.1, 0.15) is 0 Å². The van der Waals surface area contributed by atoms with Crippen LogP contribution in [0.3, 0.4) is 0 Å². The topological polar surface area (TPSA) is 19.0 Å². The van der Waals surface area contributed by atoms with Crippen LogP contribution in [0.15, 0.2) is 0 Å². The van der Waals surface area contributed by atoms with E-state index in [1.54, 1.807) is 0 Å². The average molecular weight is 279 g/mol. The fourth-order valence-corrected chi connectivity index (χ4v) is 4.68. The Kier molecular flexibility index (Phi) is 3.75. The van der Waals surface area contributed by atoms with E-state index >= 15 is 0 Å². The third-order valence-electron chi connectivity index (χ3n) is 5.89. The van der Waals surface area contributed by atoms with Gasteiger partial charge in [-0.05, 0) is 45.2 Å². The van der Waals surface area contributed by atoms with Gasteiger partial charge in [-0.15, -0.1) is 0 Å². The highest BCUT2D eigenvalue weighted by atomic mass is 16.7. The third kappa shape index (κ3) is 2.52. The van der Waals surface area contributed by atoms with Crippen LogP contribution in [0.25, 0.3) is 0 Å². The summed E-state index contributed by atoms with van der Waals surface area (Å²) < 4.78 is 0. The molecule has 4 saturated heterocycles. The number of fused-ring (bicyclic) bond motifs is 1. The summed E-state index contributed by atoms with van der Waals surface area (Å²) in [5.41, 5.74) is 0. The van der Waals surface area contributed by atoms with Gasteiger partial charge < -0.3 is 4.90 Å². The van der Waals surface area contributed by atoms with E-state index in [4.69, 9.17) is 4.84 Å². The van der Waals surface area contributed by atoms with Gasteiger partial charge in [0, 0.05) is 44.7 Å². The largest absolute Gasteiger partial charge is 0.306 e. The Hall–Kier alpha value is -0.160. The molecule has 4 unspecified atom stereocenters. The minimum Gasteiger partial charge on any atom is -0.306 e. The lowest BCUT2D eigenvalue weighted by Crippen LogP contribution is -2.50. The van der Waals surface area contributed by atoms with Gasteiger partial charge >= 0.3 is 0 Å². The molecule has 4 heterocycles. The lowest BCUT2D eigenvalue weighted by atomic mass is 9.82. The first-order valence-corrected chi connectivity index (χ1v) is 8.64. The molecule has 1 saturated carbocycles. The van der Waals surface area contributed by atoms with Crippen LogP contribution >= 0.6 is 0 Å². The van der Waals surface area contributed by atoms with E-state index in [1.807, 2.05) is 0 Å². The smallest absolute Gasteiger partial charge is 0.0988 e. The Bertz CT molecular complexity index is 336. The number of likely N-dealkylation sites (tertiary alicyclic amines) is 1. The summed E-state index contributed by atoms with van der Waals surface area (Å²) in [5.74, 6) is 1.72. The molecule has 4 heteroatoms. The molecule has 0 N–H and O–H groups in total. The molecule has 4 aliphatic heterocycles. The number of hydrogen-bond donors (Lipinski definition) is 0. The molecule has 4 nitrogen and oxygen atoms in total. The van der Waals surface area contributed by atoms with Crippen LogP contribution in [0.4, 0.5) is 0 Å². The van der Waals surface area contributed by atoms with Gasteiger partial charge in [0.15, 0.2) is 0 Å². The zero-order valence-electron chi connectivity index (χ0n) is 12.8. The number of nitrogens with zero attached hydrogens (tertiary/aromatic N) is 3. The molecule has 0 spiro atoms. The second-order valence-electron chi connectivity index (χ2n) is 7.49. The third-order valence-corrected chi connectivity index (χ3v) is 5.89. The molecule has 1 aliphatic carbocycles. The van der Waals surface area contributed by atoms with Crippen LogP contribution in [0, 0.1) is 11.8 Å². The highest BCUT2D eigenvalue weighted by Crippen LogP contribution is 2.44. The Morgan fingerprint density at radius 2 is 1.90 bits per heavy atom. The van der Waals surface area contributed by atoms with Crippen LogP contribution in [-0.4, -0.2) is 73.3 Å². The van der Waals surface area contributed by atoms with Crippen LogP contribution in [-0.2, 0) is 4.84 Å². The molecular formula is C16H29N3O. The van der Waals surface area contributed by atoms with Crippen LogP contribution < -0.4 is 0 Å². The lowest BCUT2D eigenvalue weighted by Gasteiger charge is -2.40. The van der Waals surface area contributed by atoms with E-state index in [-0.39, 0.29) is 0 Å². The standard InChI is InChI=1S/C16H29N3O/c1-17-8-5-13(10-17)11-18-12-14-9-15(18)16(14)20-19-6-3-2-4-7-19/h13-16H,2-12H2,1H3. The number of hydroxylamine groups is 2. The summed E-state index contributed by atoms with van der Waals surface area (Å²) in [4.78, 5) is 11.5. The molecule has 0 radical (unpaired) electrons. The quantitative estimate of drug-likeness (QED) is 0.775. The highest BCUT2D eigenvalue weighted by Gasteiger charge is 2.54. The molecule has 0 aromatic heterocycles. The zero-order valence-corrected chi connectivity index (χ0v) is 12.8. The molecule has 4 atom stereocenters. The summed E-state index contributed by atoms with van der Waals surface area (Å²) in [5, 5.41) is 2.26. The first-order valence-electron chi connectivity index (χ1n) is 8.64. The summed E-state index contributed by atoms with van der Waals surface area (Å²) in [6, 6.07) is 0.729. The predicted molar refractivity (Wildman–Crippen MR) is 79.4 cm³/mol. The summed E-state index contributed by atoms with van der Waals surface area (Å²) in [6.07, 6.45) is 7.33. The van der Waals surface area contributed by atoms with E-state index in [0.717, 1.165) is 31.0 Å². The van der Waals surface area contributed by atoms with Gasteiger partial charge in [0.25, 0.3) is 0 Å². The van der Waals surface area contributed by atoms with Crippen LogP contribution in [0.2, 0.25) is 0 Å². The van der Waals surface area contributed by atoms with Gasteiger partial charge in [0.05, 0.1) is 6.10 Å². The molecule has 114 valence electrons. The van der Waals surface area contributed by atoms with Gasteiger partial charge in [-0.25, -0.2) is 0 Å². The summed E-state index contributed by atoms with van der Waals surface area (Å²) in [7, 11) is 2.26. The monoisotopic (exact) mass is 279 g/mol. The van der Waals surface area contributed by atoms with Gasteiger partial charge in [-0.2, -0.15) is 5.06 Å². The fraction of sp³-hybridized carbons (Fsp3) is 1.00. The van der Waals surface area contributed by atoms with Crippen molar-refractivity contribution in [2.75, 3.05) is 46.3 Å². The van der Waals surface area contributed by atoms with Crippen molar-refractivity contribution in [3.63, 3.8) is 0 Å². The Balaban J connectivity index is 1.28. The van der Waals surface area contributed by atoms with E-state index in [9.17, 15) is 0 Å². The number of piperidine rings is 1. The van der Waals surface area contributed by atoms with E-state index < -0.39 is 0 Å². The van der Waals surface area contributed by atoms with Crippen molar-refractivity contribution in [3.8, 4) is 0 Å². The van der Waals surface area contributed by atoms with E-state index in [1.165, 1.54) is 58.3 Å². The van der Waals surface area contributed by atoms with Crippen molar-refractivity contribution in [3.05, 3.63) is 0 Å². The van der Waals surface area contributed by atoms with Crippen molar-refractivity contribution in [1.29, 1.82) is 0 Å². The Morgan fingerprint density at radius 3 is 2.65 bits per heavy atom. The molecule has 0 aromatic carbocycles. The maximum Gasteiger partial charge on any atom is 0.0988 e. The molecular weight excluding hydrogens is 250 g/mol. The molecule has 5 aliphatic rings. The minimum atomic E-state index is 0.521. The first-order chi connectivity index (χ1) is 9.79. The molecule has 2 bridgehead atoms. The normalized spacial score (nSPS) is 43.0. The average Bonchev–Trinajstić information content (AvgIpc) is 3.12. The first kappa shape index (κ1) is 13.5. The Morgan fingerprint density at radius 1 is 1.05 bits per heavy atom. The molecule has 0 amide bonds. The van der Waals surface area contributed by atoms with Gasteiger partial charge in [-0.3, -0.25) is 9.74 Å². The predicted octanol–water partition coefficient (Wildman–Crippen LogP) is 1.43. The minimum absolute atomic E-state index is 0.521. The van der Waals surface area contributed by atoms with Crippen molar-refractivity contribution in [2.45, 2.75) is 44.2 Å². The van der Waals surface area contributed by atoms with Crippen molar-refractivity contribution in [2.24, 2.45) is 11.8 Å². The zero-order chi connectivity index (χ0) is 13.5. The van der Waals surface area contributed by atoms with Crippen molar-refractivity contribution in [1.82, 2.24) is 14.9 Å².